The Bertz CT molecular complexity index is 1260. The summed E-state index contributed by atoms with van der Waals surface area (Å²) >= 11 is 12.2. The molecule has 0 radical (unpaired) electrons. The number of aryl methyl sites for hydroxylation is 1. The third-order valence-corrected chi connectivity index (χ3v) is 4.62. The molecule has 2 aromatic heterocycles. The summed E-state index contributed by atoms with van der Waals surface area (Å²) in [6, 6.07) is 10.4. The number of hydrogen-bond acceptors (Lipinski definition) is 4. The predicted molar refractivity (Wildman–Crippen MR) is 105 cm³/mol. The minimum absolute atomic E-state index is 0.257. The molecule has 0 saturated carbocycles. The van der Waals surface area contributed by atoms with Crippen molar-refractivity contribution in [2.45, 2.75) is 13.5 Å². The highest BCUT2D eigenvalue weighted by molar-refractivity contribution is 6.33. The molecule has 27 heavy (non-hydrogen) atoms. The van der Waals surface area contributed by atoms with Gasteiger partial charge in [-0.2, -0.15) is 0 Å². The second kappa shape index (κ2) is 6.68. The third-order valence-electron chi connectivity index (χ3n) is 4.07. The molecule has 136 valence electrons. The lowest BCUT2D eigenvalue weighted by atomic mass is 10.2. The number of amides is 1. The molecule has 7 nitrogen and oxygen atoms in total. The number of halogens is 2. The fourth-order valence-electron chi connectivity index (χ4n) is 2.78. The Morgan fingerprint density at radius 1 is 1.19 bits per heavy atom. The lowest BCUT2D eigenvalue weighted by Gasteiger charge is -2.07. The zero-order valence-corrected chi connectivity index (χ0v) is 15.6. The summed E-state index contributed by atoms with van der Waals surface area (Å²) < 4.78 is 2.36. The lowest BCUT2D eigenvalue weighted by molar-refractivity contribution is -0.117. The van der Waals surface area contributed by atoms with Gasteiger partial charge < -0.3 is 5.32 Å². The highest BCUT2D eigenvalue weighted by atomic mass is 35.5. The van der Waals surface area contributed by atoms with E-state index in [-0.39, 0.29) is 6.54 Å². The summed E-state index contributed by atoms with van der Waals surface area (Å²) in [6.07, 6.45) is 1.38. The first-order chi connectivity index (χ1) is 12.9. The van der Waals surface area contributed by atoms with Crippen molar-refractivity contribution in [3.05, 3.63) is 68.8 Å². The van der Waals surface area contributed by atoms with Crippen LogP contribution in [0.1, 0.15) is 5.56 Å². The Hall–Kier alpha value is -2.90. The Morgan fingerprint density at radius 2 is 2.00 bits per heavy atom. The van der Waals surface area contributed by atoms with Crippen LogP contribution in [-0.4, -0.2) is 25.1 Å². The van der Waals surface area contributed by atoms with Crippen molar-refractivity contribution in [2.75, 3.05) is 5.32 Å². The number of carbonyl (C=O) groups excluding carboxylic acids is 1. The van der Waals surface area contributed by atoms with Crippen LogP contribution in [0.3, 0.4) is 0 Å². The molecule has 0 saturated heterocycles. The number of anilines is 1. The molecule has 4 rings (SSSR count). The summed E-state index contributed by atoms with van der Waals surface area (Å²) in [5, 5.41) is 8.52. The molecule has 0 aliphatic carbocycles. The van der Waals surface area contributed by atoms with Gasteiger partial charge >= 0.3 is 5.69 Å². The number of hydrogen-bond donors (Lipinski definition) is 1. The Morgan fingerprint density at radius 3 is 2.78 bits per heavy atom. The average Bonchev–Trinajstić information content (AvgIpc) is 2.94. The fourth-order valence-corrected chi connectivity index (χ4v) is 3.23. The molecule has 0 aliphatic heterocycles. The van der Waals surface area contributed by atoms with E-state index in [1.54, 1.807) is 30.3 Å². The molecule has 2 heterocycles. The largest absolute Gasteiger partial charge is 0.352 e. The van der Waals surface area contributed by atoms with E-state index >= 15 is 0 Å². The number of rotatable bonds is 3. The van der Waals surface area contributed by atoms with Gasteiger partial charge in [-0.05, 0) is 42.8 Å². The van der Waals surface area contributed by atoms with Gasteiger partial charge in [0.05, 0.1) is 16.2 Å². The first-order valence-corrected chi connectivity index (χ1v) is 8.77. The normalized spacial score (nSPS) is 11.2. The summed E-state index contributed by atoms with van der Waals surface area (Å²) in [5.41, 5.74) is 2.02. The van der Waals surface area contributed by atoms with Crippen molar-refractivity contribution in [1.82, 2.24) is 19.2 Å². The van der Waals surface area contributed by atoms with Crippen LogP contribution in [0.4, 0.5) is 5.69 Å². The Balaban J connectivity index is 1.68. The molecule has 1 N–H and O–H groups in total. The van der Waals surface area contributed by atoms with E-state index < -0.39 is 11.6 Å². The van der Waals surface area contributed by atoms with E-state index in [2.05, 4.69) is 15.4 Å². The molecular weight excluding hydrogens is 389 g/mol. The summed E-state index contributed by atoms with van der Waals surface area (Å²) in [6.45, 7) is 1.64. The maximum absolute atomic E-state index is 12.5. The van der Waals surface area contributed by atoms with Crippen molar-refractivity contribution in [2.24, 2.45) is 0 Å². The monoisotopic (exact) mass is 401 g/mol. The number of benzene rings is 2. The first-order valence-electron chi connectivity index (χ1n) is 8.02. The van der Waals surface area contributed by atoms with Crippen molar-refractivity contribution in [1.29, 1.82) is 0 Å². The molecule has 0 spiro atoms. The van der Waals surface area contributed by atoms with Gasteiger partial charge in [0.1, 0.15) is 12.9 Å². The van der Waals surface area contributed by atoms with Crippen LogP contribution < -0.4 is 11.0 Å². The average molecular weight is 402 g/mol. The van der Waals surface area contributed by atoms with Crippen LogP contribution in [0, 0.1) is 6.92 Å². The van der Waals surface area contributed by atoms with Gasteiger partial charge in [-0.1, -0.05) is 29.3 Å². The third kappa shape index (κ3) is 3.27. The van der Waals surface area contributed by atoms with Crippen molar-refractivity contribution >= 4 is 51.3 Å². The number of carbonyl (C=O) groups is 1. The quantitative estimate of drug-likeness (QED) is 0.570. The molecule has 0 atom stereocenters. The van der Waals surface area contributed by atoms with Gasteiger partial charge in [0, 0.05) is 10.4 Å². The highest BCUT2D eigenvalue weighted by Gasteiger charge is 2.14. The van der Waals surface area contributed by atoms with Gasteiger partial charge in [0.2, 0.25) is 5.91 Å². The van der Waals surface area contributed by atoms with Crippen LogP contribution in [0.15, 0.2) is 47.5 Å². The van der Waals surface area contributed by atoms with Gasteiger partial charge in [0.15, 0.2) is 5.65 Å². The minimum Gasteiger partial charge on any atom is -0.323 e. The number of fused-ring (bicyclic) bond motifs is 3. The van der Waals surface area contributed by atoms with Crippen molar-refractivity contribution in [3.63, 3.8) is 0 Å². The van der Waals surface area contributed by atoms with Crippen LogP contribution in [-0.2, 0) is 11.3 Å². The second-order valence-corrected chi connectivity index (χ2v) is 6.91. The molecule has 0 aliphatic rings. The summed E-state index contributed by atoms with van der Waals surface area (Å²) in [7, 11) is 0. The van der Waals surface area contributed by atoms with E-state index in [0.717, 1.165) is 10.2 Å². The van der Waals surface area contributed by atoms with E-state index in [9.17, 15) is 9.59 Å². The highest BCUT2D eigenvalue weighted by Crippen LogP contribution is 2.23. The van der Waals surface area contributed by atoms with Crippen LogP contribution >= 0.6 is 23.2 Å². The lowest BCUT2D eigenvalue weighted by Crippen LogP contribution is -2.28. The van der Waals surface area contributed by atoms with Crippen LogP contribution in [0.5, 0.6) is 0 Å². The molecule has 0 bridgehead atoms. The first kappa shape index (κ1) is 17.5. The molecule has 0 fully saturated rings. The van der Waals surface area contributed by atoms with Crippen LogP contribution in [0.2, 0.25) is 10.0 Å². The summed E-state index contributed by atoms with van der Waals surface area (Å²) in [4.78, 5) is 29.1. The summed E-state index contributed by atoms with van der Waals surface area (Å²) in [5.74, 6) is -0.415. The molecular formula is C18H13Cl2N5O2. The number of nitrogens with zero attached hydrogens (tertiary/aromatic N) is 4. The van der Waals surface area contributed by atoms with Gasteiger partial charge in [0.25, 0.3) is 0 Å². The van der Waals surface area contributed by atoms with Gasteiger partial charge in [-0.3, -0.25) is 4.79 Å². The molecule has 2 aromatic carbocycles. The van der Waals surface area contributed by atoms with E-state index in [1.807, 2.05) is 13.0 Å². The Labute approximate surface area is 163 Å². The maximum Gasteiger partial charge on any atom is 0.352 e. The predicted octanol–water partition coefficient (Wildman–Crippen LogP) is 3.30. The molecule has 9 heteroatoms. The van der Waals surface area contributed by atoms with Gasteiger partial charge in [-0.25, -0.2) is 18.9 Å². The maximum atomic E-state index is 12.5. The number of aromatic nitrogens is 4. The molecule has 0 unspecified atom stereocenters. The smallest absolute Gasteiger partial charge is 0.323 e. The standard InChI is InChI=1S/C18H13Cl2N5O2/c1-10-2-4-15(13(20)6-10)22-16(26)8-25-18(27)24-9-21-14-5-3-11(19)7-12(14)17(24)23-25/h2-7,9H,8H2,1H3,(H,22,26). The second-order valence-electron chi connectivity index (χ2n) is 6.07. The fraction of sp³-hybridized carbons (Fsp3) is 0.111. The topological polar surface area (TPSA) is 81.3 Å². The van der Waals surface area contributed by atoms with Crippen LogP contribution in [0.25, 0.3) is 16.6 Å². The zero-order valence-electron chi connectivity index (χ0n) is 14.1. The van der Waals surface area contributed by atoms with Crippen molar-refractivity contribution in [3.8, 4) is 0 Å². The zero-order chi connectivity index (χ0) is 19.1. The minimum atomic E-state index is -0.468. The SMILES string of the molecule is Cc1ccc(NC(=O)Cn2nc3c4cc(Cl)ccc4ncn3c2=O)c(Cl)c1. The molecule has 1 amide bonds. The van der Waals surface area contributed by atoms with E-state index in [4.69, 9.17) is 23.2 Å². The van der Waals surface area contributed by atoms with E-state index in [1.165, 1.54) is 10.7 Å². The van der Waals surface area contributed by atoms with Gasteiger partial charge in [-0.15, -0.1) is 5.10 Å². The van der Waals surface area contributed by atoms with E-state index in [0.29, 0.717) is 32.3 Å². The number of nitrogens with one attached hydrogen (secondary N) is 1. The Kier molecular flexibility index (Phi) is 4.33. The molecule has 4 aromatic rings. The van der Waals surface area contributed by atoms with Crippen molar-refractivity contribution < 1.29 is 4.79 Å².